The van der Waals surface area contributed by atoms with Crippen molar-refractivity contribution in [3.8, 4) is 0 Å². The SMILES string of the molecule is COC[SiH2]CCC(F)(F)F. The zero-order valence-electron chi connectivity index (χ0n) is 5.87. The Morgan fingerprint density at radius 1 is 1.40 bits per heavy atom. The summed E-state index contributed by atoms with van der Waals surface area (Å²) in [7, 11) is 0.904. The lowest BCUT2D eigenvalue weighted by Gasteiger charge is -2.03. The molecule has 5 heteroatoms. The fourth-order valence-electron chi connectivity index (χ4n) is 0.572. The van der Waals surface area contributed by atoms with E-state index in [1.807, 2.05) is 0 Å². The highest BCUT2D eigenvalue weighted by atomic mass is 28.2. The quantitative estimate of drug-likeness (QED) is 0.456. The fourth-order valence-corrected chi connectivity index (χ4v) is 1.72. The number of hydrogen-bond donors (Lipinski definition) is 0. The van der Waals surface area contributed by atoms with Gasteiger partial charge in [0.15, 0.2) is 0 Å². The van der Waals surface area contributed by atoms with Gasteiger partial charge in [-0.1, -0.05) is 6.04 Å². The van der Waals surface area contributed by atoms with E-state index in [0.717, 1.165) is 0 Å². The summed E-state index contributed by atoms with van der Waals surface area (Å²) < 4.78 is 39.0. The van der Waals surface area contributed by atoms with E-state index in [1.54, 1.807) is 0 Å². The summed E-state index contributed by atoms with van der Waals surface area (Å²) in [5, 5.41) is 0. The lowest BCUT2D eigenvalue weighted by Crippen LogP contribution is -2.10. The zero-order valence-corrected chi connectivity index (χ0v) is 7.28. The molecule has 0 heterocycles. The molecule has 0 aromatic heterocycles. The number of rotatable bonds is 4. The van der Waals surface area contributed by atoms with Crippen molar-refractivity contribution in [3.63, 3.8) is 0 Å². The summed E-state index contributed by atoms with van der Waals surface area (Å²) in [6, 6.07) is 0.303. The van der Waals surface area contributed by atoms with E-state index in [0.29, 0.717) is 12.3 Å². The van der Waals surface area contributed by atoms with Crippen molar-refractivity contribution < 1.29 is 17.9 Å². The van der Waals surface area contributed by atoms with Gasteiger partial charge >= 0.3 is 6.18 Å². The summed E-state index contributed by atoms with van der Waals surface area (Å²) in [5.74, 6) is 0. The van der Waals surface area contributed by atoms with Crippen LogP contribution < -0.4 is 0 Å². The Balaban J connectivity index is 3.04. The molecule has 0 atom stereocenters. The molecule has 0 aliphatic carbocycles. The second-order valence-corrected chi connectivity index (χ2v) is 3.89. The third-order valence-corrected chi connectivity index (χ3v) is 2.61. The minimum absolute atomic E-state index is 0.303. The molecule has 0 amide bonds. The molecule has 0 N–H and O–H groups in total. The van der Waals surface area contributed by atoms with Crippen molar-refractivity contribution in [1.82, 2.24) is 0 Å². The first-order valence-electron chi connectivity index (χ1n) is 3.12. The third-order valence-electron chi connectivity index (χ3n) is 1.06. The maximum atomic E-state index is 11.5. The Bertz CT molecular complexity index is 83.5. The van der Waals surface area contributed by atoms with Crippen LogP contribution in [0.2, 0.25) is 6.04 Å². The van der Waals surface area contributed by atoms with Crippen LogP contribution in [-0.2, 0) is 4.74 Å². The van der Waals surface area contributed by atoms with Crippen molar-refractivity contribution in [2.45, 2.75) is 18.6 Å². The van der Waals surface area contributed by atoms with Gasteiger partial charge in [0.25, 0.3) is 0 Å². The number of alkyl halides is 3. The minimum atomic E-state index is -3.97. The molecule has 0 aliphatic heterocycles. The van der Waals surface area contributed by atoms with Gasteiger partial charge in [0.05, 0.1) is 9.52 Å². The molecule has 0 aromatic carbocycles. The van der Waals surface area contributed by atoms with Crippen LogP contribution in [0, 0.1) is 0 Å². The molecule has 0 aromatic rings. The Hall–Kier alpha value is -0.0331. The lowest BCUT2D eigenvalue weighted by atomic mass is 10.5. The van der Waals surface area contributed by atoms with Gasteiger partial charge < -0.3 is 4.74 Å². The first kappa shape index (κ1) is 9.97. The number of methoxy groups -OCH3 is 1. The first-order valence-corrected chi connectivity index (χ1v) is 5.12. The van der Waals surface area contributed by atoms with Gasteiger partial charge in [-0.05, 0) is 0 Å². The van der Waals surface area contributed by atoms with Gasteiger partial charge in [0, 0.05) is 19.8 Å². The number of hydrogen-bond acceptors (Lipinski definition) is 1. The fraction of sp³-hybridized carbons (Fsp3) is 1.00. The molecule has 0 radical (unpaired) electrons. The van der Waals surface area contributed by atoms with Crippen LogP contribution in [0.15, 0.2) is 0 Å². The van der Waals surface area contributed by atoms with Crippen molar-refractivity contribution in [2.24, 2.45) is 0 Å². The van der Waals surface area contributed by atoms with Crippen molar-refractivity contribution >= 4 is 9.52 Å². The van der Waals surface area contributed by atoms with Gasteiger partial charge in [-0.25, -0.2) is 0 Å². The van der Waals surface area contributed by atoms with Gasteiger partial charge in [0.1, 0.15) is 0 Å². The molecular weight excluding hydrogens is 161 g/mol. The molecule has 0 unspecified atom stereocenters. The average molecular weight is 172 g/mol. The maximum Gasteiger partial charge on any atom is 0.388 e. The van der Waals surface area contributed by atoms with Crippen LogP contribution in [0.5, 0.6) is 0 Å². The predicted molar refractivity (Wildman–Crippen MR) is 35.9 cm³/mol. The molecule has 0 fully saturated rings. The predicted octanol–water partition coefficient (Wildman–Crippen LogP) is 1.13. The molecule has 1 nitrogen and oxygen atoms in total. The van der Waals surface area contributed by atoms with Crippen LogP contribution in [0.3, 0.4) is 0 Å². The van der Waals surface area contributed by atoms with Crippen LogP contribution in [0.1, 0.15) is 6.42 Å². The molecule has 0 spiro atoms. The second kappa shape index (κ2) is 4.73. The van der Waals surface area contributed by atoms with E-state index < -0.39 is 22.1 Å². The topological polar surface area (TPSA) is 9.23 Å². The summed E-state index contributed by atoms with van der Waals surface area (Å²) in [6.07, 6.45) is -4.06. The molecule has 0 saturated heterocycles. The standard InChI is InChI=1S/C5H11F3OSi/c1-9-4-10-3-2-5(6,7)8/h2-4,10H2,1H3. The largest absolute Gasteiger partial charge is 0.389 e. The van der Waals surface area contributed by atoms with Crippen molar-refractivity contribution in [1.29, 1.82) is 0 Å². The summed E-state index contributed by atoms with van der Waals surface area (Å²) in [6.45, 7) is 0. The van der Waals surface area contributed by atoms with Crippen LogP contribution in [0.4, 0.5) is 13.2 Å². The Morgan fingerprint density at radius 2 is 2.00 bits per heavy atom. The molecule has 0 rings (SSSR count). The van der Waals surface area contributed by atoms with E-state index in [2.05, 4.69) is 4.74 Å². The molecule has 0 bridgehead atoms. The van der Waals surface area contributed by atoms with Gasteiger partial charge in [-0.3, -0.25) is 0 Å². The van der Waals surface area contributed by atoms with E-state index in [1.165, 1.54) is 7.11 Å². The van der Waals surface area contributed by atoms with E-state index in [9.17, 15) is 13.2 Å². The van der Waals surface area contributed by atoms with Gasteiger partial charge in [-0.15, -0.1) is 0 Å². The lowest BCUT2D eigenvalue weighted by molar-refractivity contribution is -0.130. The van der Waals surface area contributed by atoms with Crippen LogP contribution in [-0.4, -0.2) is 29.0 Å². The Labute approximate surface area is 60.4 Å². The van der Waals surface area contributed by atoms with E-state index >= 15 is 0 Å². The Morgan fingerprint density at radius 3 is 2.40 bits per heavy atom. The monoisotopic (exact) mass is 172 g/mol. The van der Waals surface area contributed by atoms with E-state index in [4.69, 9.17) is 0 Å². The molecule has 10 heavy (non-hydrogen) atoms. The summed E-state index contributed by atoms with van der Waals surface area (Å²) in [5.41, 5.74) is 0. The molecular formula is C5H11F3OSi. The zero-order chi connectivity index (χ0) is 8.04. The van der Waals surface area contributed by atoms with Gasteiger partial charge in [0.2, 0.25) is 0 Å². The second-order valence-electron chi connectivity index (χ2n) is 2.07. The van der Waals surface area contributed by atoms with E-state index in [-0.39, 0.29) is 0 Å². The van der Waals surface area contributed by atoms with Gasteiger partial charge in [-0.2, -0.15) is 13.2 Å². The maximum absolute atomic E-state index is 11.5. The van der Waals surface area contributed by atoms with Crippen molar-refractivity contribution in [2.75, 3.05) is 13.3 Å². The highest BCUT2D eigenvalue weighted by molar-refractivity contribution is 6.35. The number of ether oxygens (including phenoxy) is 1. The smallest absolute Gasteiger partial charge is 0.388 e. The van der Waals surface area contributed by atoms with Crippen molar-refractivity contribution in [3.05, 3.63) is 0 Å². The molecule has 0 saturated carbocycles. The summed E-state index contributed by atoms with van der Waals surface area (Å²) in [4.78, 5) is 0. The minimum Gasteiger partial charge on any atom is -0.389 e. The molecule has 62 valence electrons. The highest BCUT2D eigenvalue weighted by Gasteiger charge is 2.25. The number of halogens is 3. The summed E-state index contributed by atoms with van der Waals surface area (Å²) >= 11 is 0. The van der Waals surface area contributed by atoms with Crippen LogP contribution in [0.25, 0.3) is 0 Å². The Kier molecular flexibility index (Phi) is 4.72. The average Bonchev–Trinajstić information content (AvgIpc) is 1.78. The molecule has 0 aliphatic rings. The van der Waals surface area contributed by atoms with Crippen LogP contribution >= 0.6 is 0 Å². The highest BCUT2D eigenvalue weighted by Crippen LogP contribution is 2.20. The third kappa shape index (κ3) is 7.97. The normalized spacial score (nSPS) is 13.2. The first-order chi connectivity index (χ1) is 4.56.